The van der Waals surface area contributed by atoms with E-state index in [1.54, 1.807) is 0 Å². The van der Waals surface area contributed by atoms with Crippen LogP contribution in [0.25, 0.3) is 0 Å². The quantitative estimate of drug-likeness (QED) is 0.229. The average molecular weight is 419 g/mol. The molecule has 0 N–H and O–H groups in total. The summed E-state index contributed by atoms with van der Waals surface area (Å²) in [6.45, 7) is 0. The molecule has 0 aromatic heterocycles. The van der Waals surface area contributed by atoms with Gasteiger partial charge in [0.05, 0.1) is 0 Å². The van der Waals surface area contributed by atoms with Gasteiger partial charge < -0.3 is 0 Å². The van der Waals surface area contributed by atoms with E-state index >= 15 is 0 Å². The van der Waals surface area contributed by atoms with E-state index in [0.717, 1.165) is 12.8 Å². The van der Waals surface area contributed by atoms with Gasteiger partial charge in [-0.15, -0.1) is 0 Å². The number of rotatable bonds is 11. The molecule has 0 saturated heterocycles. The predicted octanol–water partition coefficient (Wildman–Crippen LogP) is 8.60. The van der Waals surface area contributed by atoms with Gasteiger partial charge in [-0.2, -0.15) is 0 Å². The lowest BCUT2D eigenvalue weighted by atomic mass is 9.76. The Kier molecular flexibility index (Phi) is 8.32. The maximum absolute atomic E-state index is 2.33. The first-order valence-corrected chi connectivity index (χ1v) is 12.1. The molecular weight excluding hydrogens is 384 g/mol. The maximum atomic E-state index is 2.33. The third kappa shape index (κ3) is 6.44. The second kappa shape index (κ2) is 12.1. The number of benzene rings is 4. The molecule has 0 nitrogen and oxygen atoms in total. The second-order valence-electron chi connectivity index (χ2n) is 8.79. The molecule has 2 atom stereocenters. The molecule has 0 aliphatic carbocycles. The van der Waals surface area contributed by atoms with E-state index in [1.165, 1.54) is 47.9 Å². The van der Waals surface area contributed by atoms with Gasteiger partial charge in [0.15, 0.2) is 0 Å². The van der Waals surface area contributed by atoms with Crippen molar-refractivity contribution in [2.45, 2.75) is 50.4 Å². The Morgan fingerprint density at radius 3 is 1.03 bits per heavy atom. The van der Waals surface area contributed by atoms with Crippen molar-refractivity contribution in [2.24, 2.45) is 0 Å². The standard InChI is InChI=1S/C32H34/c1-5-15-27(16-6-1)19-13-25-31(29-21-9-3-10-22-29)32(30-23-11-4-12-24-30)26-14-20-28-17-7-2-8-18-28/h1-12,15-18,21-24,31-32H,13-14,19-20,25-26H2. The largest absolute Gasteiger partial charge is 0.0622 e. The highest BCUT2D eigenvalue weighted by Gasteiger charge is 2.24. The van der Waals surface area contributed by atoms with E-state index in [-0.39, 0.29) is 0 Å². The van der Waals surface area contributed by atoms with Gasteiger partial charge in [0.1, 0.15) is 0 Å². The van der Waals surface area contributed by atoms with E-state index < -0.39 is 0 Å². The monoisotopic (exact) mass is 418 g/mol. The third-order valence-corrected chi connectivity index (χ3v) is 6.59. The molecule has 0 aliphatic rings. The summed E-state index contributed by atoms with van der Waals surface area (Å²) in [5, 5.41) is 0. The lowest BCUT2D eigenvalue weighted by Crippen LogP contribution is -2.13. The summed E-state index contributed by atoms with van der Waals surface area (Å²) < 4.78 is 0. The van der Waals surface area contributed by atoms with E-state index in [0.29, 0.717) is 11.8 Å². The van der Waals surface area contributed by atoms with Crippen LogP contribution in [0, 0.1) is 0 Å². The molecule has 162 valence electrons. The van der Waals surface area contributed by atoms with Crippen LogP contribution in [0.2, 0.25) is 0 Å². The Labute approximate surface area is 194 Å². The lowest BCUT2D eigenvalue weighted by Gasteiger charge is -2.29. The normalized spacial score (nSPS) is 12.9. The summed E-state index contributed by atoms with van der Waals surface area (Å²) >= 11 is 0. The van der Waals surface area contributed by atoms with Gasteiger partial charge in [-0.3, -0.25) is 0 Å². The first-order valence-electron chi connectivity index (χ1n) is 12.1. The zero-order valence-corrected chi connectivity index (χ0v) is 18.9. The van der Waals surface area contributed by atoms with Gasteiger partial charge in [0.25, 0.3) is 0 Å². The van der Waals surface area contributed by atoms with Crippen molar-refractivity contribution < 1.29 is 0 Å². The minimum absolute atomic E-state index is 0.540. The van der Waals surface area contributed by atoms with Gasteiger partial charge in [-0.25, -0.2) is 0 Å². The van der Waals surface area contributed by atoms with Crippen LogP contribution in [0.4, 0.5) is 0 Å². The first-order chi connectivity index (χ1) is 15.9. The van der Waals surface area contributed by atoms with Crippen molar-refractivity contribution >= 4 is 0 Å². The van der Waals surface area contributed by atoms with E-state index in [2.05, 4.69) is 121 Å². The van der Waals surface area contributed by atoms with E-state index in [9.17, 15) is 0 Å². The van der Waals surface area contributed by atoms with Crippen LogP contribution >= 0.6 is 0 Å². The van der Waals surface area contributed by atoms with Crippen LogP contribution < -0.4 is 0 Å². The summed E-state index contributed by atoms with van der Waals surface area (Å²) in [5.41, 5.74) is 5.85. The van der Waals surface area contributed by atoms with Crippen LogP contribution in [0.5, 0.6) is 0 Å². The van der Waals surface area contributed by atoms with Crippen LogP contribution in [-0.2, 0) is 12.8 Å². The fraction of sp³-hybridized carbons (Fsp3) is 0.250. The van der Waals surface area contributed by atoms with Crippen LogP contribution in [0.1, 0.15) is 59.8 Å². The molecule has 2 unspecified atom stereocenters. The fourth-order valence-electron chi connectivity index (χ4n) is 4.94. The van der Waals surface area contributed by atoms with Crippen molar-refractivity contribution in [1.29, 1.82) is 0 Å². The molecular formula is C32H34. The Morgan fingerprint density at radius 2 is 0.688 bits per heavy atom. The van der Waals surface area contributed by atoms with E-state index in [4.69, 9.17) is 0 Å². The molecule has 0 saturated carbocycles. The highest BCUT2D eigenvalue weighted by Crippen LogP contribution is 2.40. The molecule has 0 heterocycles. The van der Waals surface area contributed by atoms with Gasteiger partial charge in [0.2, 0.25) is 0 Å². The molecule has 32 heavy (non-hydrogen) atoms. The van der Waals surface area contributed by atoms with Crippen LogP contribution in [0.15, 0.2) is 121 Å². The Bertz CT molecular complexity index is 920. The molecule has 0 aliphatic heterocycles. The SMILES string of the molecule is c1ccc(CCCC(c2ccccc2)C(CCCc2ccccc2)c2ccccc2)cc1. The first kappa shape index (κ1) is 22.1. The Morgan fingerprint density at radius 1 is 0.375 bits per heavy atom. The smallest absolute Gasteiger partial charge is 0.00930 e. The number of hydrogen-bond donors (Lipinski definition) is 0. The molecule has 0 bridgehead atoms. The van der Waals surface area contributed by atoms with Crippen molar-refractivity contribution in [2.75, 3.05) is 0 Å². The predicted molar refractivity (Wildman–Crippen MR) is 137 cm³/mol. The van der Waals surface area contributed by atoms with E-state index in [1.807, 2.05) is 0 Å². The molecule has 0 heteroatoms. The minimum atomic E-state index is 0.540. The van der Waals surface area contributed by atoms with Crippen LogP contribution in [0.3, 0.4) is 0 Å². The third-order valence-electron chi connectivity index (χ3n) is 6.59. The number of hydrogen-bond acceptors (Lipinski definition) is 0. The molecule has 0 spiro atoms. The molecule has 0 fully saturated rings. The average Bonchev–Trinajstić information content (AvgIpc) is 2.87. The highest BCUT2D eigenvalue weighted by atomic mass is 14.3. The Hall–Kier alpha value is -3.12. The Balaban J connectivity index is 1.52. The van der Waals surface area contributed by atoms with Crippen LogP contribution in [-0.4, -0.2) is 0 Å². The summed E-state index contributed by atoms with van der Waals surface area (Å²) in [6.07, 6.45) is 7.15. The van der Waals surface area contributed by atoms with Gasteiger partial charge in [-0.05, 0) is 72.6 Å². The molecule has 0 radical (unpaired) electrons. The van der Waals surface area contributed by atoms with Crippen molar-refractivity contribution in [1.82, 2.24) is 0 Å². The summed E-state index contributed by atoms with van der Waals surface area (Å²) in [5.74, 6) is 1.08. The van der Waals surface area contributed by atoms with Crippen molar-refractivity contribution in [3.63, 3.8) is 0 Å². The molecule has 0 amide bonds. The molecule has 4 rings (SSSR count). The van der Waals surface area contributed by atoms with Crippen molar-refractivity contribution in [3.8, 4) is 0 Å². The number of aryl methyl sites for hydroxylation is 2. The topological polar surface area (TPSA) is 0 Å². The summed E-state index contributed by atoms with van der Waals surface area (Å²) in [4.78, 5) is 0. The molecule has 4 aromatic carbocycles. The zero-order chi connectivity index (χ0) is 21.8. The zero-order valence-electron chi connectivity index (χ0n) is 18.9. The van der Waals surface area contributed by atoms with Gasteiger partial charge in [-0.1, -0.05) is 121 Å². The second-order valence-corrected chi connectivity index (χ2v) is 8.79. The summed E-state index contributed by atoms with van der Waals surface area (Å²) in [7, 11) is 0. The highest BCUT2D eigenvalue weighted by molar-refractivity contribution is 5.29. The van der Waals surface area contributed by atoms with Crippen molar-refractivity contribution in [3.05, 3.63) is 144 Å². The fourth-order valence-corrected chi connectivity index (χ4v) is 4.94. The molecule has 4 aromatic rings. The minimum Gasteiger partial charge on any atom is -0.0622 e. The van der Waals surface area contributed by atoms with Gasteiger partial charge in [0, 0.05) is 0 Å². The van der Waals surface area contributed by atoms with Gasteiger partial charge >= 0.3 is 0 Å². The lowest BCUT2D eigenvalue weighted by molar-refractivity contribution is 0.454. The maximum Gasteiger partial charge on any atom is -0.00930 e. The summed E-state index contributed by atoms with van der Waals surface area (Å²) in [6, 6.07) is 44.3.